The number of aliphatic hydroxyl groups is 1. The van der Waals surface area contributed by atoms with Crippen molar-refractivity contribution in [2.45, 2.75) is 117 Å². The van der Waals surface area contributed by atoms with E-state index in [0.29, 0.717) is 60.2 Å². The quantitative estimate of drug-likeness (QED) is 0.194. The normalized spacial score (nSPS) is 22.9. The number of alkyl halides is 3. The van der Waals surface area contributed by atoms with E-state index in [1.807, 2.05) is 27.7 Å². The average molecular weight is 658 g/mol. The number of hydrogen-bond donors (Lipinski definition) is 2. The van der Waals surface area contributed by atoms with Crippen LogP contribution in [0.4, 0.5) is 17.6 Å². The Morgan fingerprint density at radius 2 is 1.73 bits per heavy atom. The minimum atomic E-state index is -4.69. The monoisotopic (exact) mass is 657 g/mol. The number of nitrogens with zero attached hydrogens (tertiary/aromatic N) is 1. The molecule has 3 unspecified atom stereocenters. The first-order valence-corrected chi connectivity index (χ1v) is 16.5. The molecule has 1 aliphatic carbocycles. The van der Waals surface area contributed by atoms with Crippen molar-refractivity contribution >= 4 is 18.6 Å². The summed E-state index contributed by atoms with van der Waals surface area (Å²) in [5.74, 6) is -1.70. The van der Waals surface area contributed by atoms with Crippen LogP contribution >= 0.6 is 12.6 Å². The first kappa shape index (κ1) is 37.2. The summed E-state index contributed by atoms with van der Waals surface area (Å²) in [6, 6.07) is 2.46. The van der Waals surface area contributed by atoms with Crippen LogP contribution in [-0.4, -0.2) is 35.5 Å². The molecule has 45 heavy (non-hydrogen) atoms. The third-order valence-corrected chi connectivity index (χ3v) is 8.64. The second-order valence-electron chi connectivity index (χ2n) is 12.8. The van der Waals surface area contributed by atoms with Gasteiger partial charge in [-0.05, 0) is 36.3 Å². The summed E-state index contributed by atoms with van der Waals surface area (Å²) in [7, 11) is 0. The molecule has 1 aromatic heterocycles. The van der Waals surface area contributed by atoms with E-state index in [0.717, 1.165) is 12.1 Å². The van der Waals surface area contributed by atoms with Gasteiger partial charge in [0, 0.05) is 60.8 Å². The van der Waals surface area contributed by atoms with Crippen LogP contribution in [0.15, 0.2) is 18.2 Å². The Bertz CT molecular complexity index is 1340. The third kappa shape index (κ3) is 7.52. The zero-order valence-electron chi connectivity index (χ0n) is 27.5. The van der Waals surface area contributed by atoms with Gasteiger partial charge in [0.25, 0.3) is 0 Å². The third-order valence-electron chi connectivity index (χ3n) is 8.64. The topological polar surface area (TPSA) is 77.9 Å². The fourth-order valence-electron chi connectivity index (χ4n) is 6.39. The second-order valence-corrected chi connectivity index (χ2v) is 12.8. The van der Waals surface area contributed by atoms with Gasteiger partial charge in [-0.15, -0.1) is 0 Å². The van der Waals surface area contributed by atoms with E-state index >= 15 is 4.39 Å². The van der Waals surface area contributed by atoms with Gasteiger partial charge in [0.05, 0.1) is 23.0 Å². The van der Waals surface area contributed by atoms with Crippen molar-refractivity contribution < 1.29 is 41.7 Å². The molecule has 1 saturated heterocycles. The highest BCUT2D eigenvalue weighted by Crippen LogP contribution is 2.60. The molecule has 3 aliphatic rings. The number of hydrogen-bond acceptors (Lipinski definition) is 7. The molecule has 2 aliphatic heterocycles. The highest BCUT2D eigenvalue weighted by molar-refractivity contribution is 7.79. The fourth-order valence-corrected chi connectivity index (χ4v) is 6.39. The largest absolute Gasteiger partial charge is 0.455 e. The molecule has 1 N–H and O–H groups in total. The molecule has 1 spiro atoms. The van der Waals surface area contributed by atoms with Gasteiger partial charge < -0.3 is 19.3 Å². The van der Waals surface area contributed by atoms with Crippen LogP contribution in [-0.2, 0) is 30.8 Å². The van der Waals surface area contributed by atoms with Crippen LogP contribution in [0.25, 0.3) is 0 Å². The van der Waals surface area contributed by atoms with Gasteiger partial charge in [-0.1, -0.05) is 60.5 Å². The van der Waals surface area contributed by atoms with Gasteiger partial charge in [0.1, 0.15) is 18.0 Å². The molecule has 11 heteroatoms. The van der Waals surface area contributed by atoms with Gasteiger partial charge in [0.15, 0.2) is 0 Å². The molecule has 0 bridgehead atoms. The van der Waals surface area contributed by atoms with Crippen LogP contribution in [0.1, 0.15) is 144 Å². The maximum absolute atomic E-state index is 15.4. The highest BCUT2D eigenvalue weighted by atomic mass is 32.1. The summed E-state index contributed by atoms with van der Waals surface area (Å²) >= 11 is 3.53. The number of thiol groups is 1. The Morgan fingerprint density at radius 3 is 2.22 bits per heavy atom. The Morgan fingerprint density at radius 1 is 1.13 bits per heavy atom. The van der Waals surface area contributed by atoms with E-state index < -0.39 is 52.9 Å². The van der Waals surface area contributed by atoms with Crippen LogP contribution in [0.5, 0.6) is 0 Å². The lowest BCUT2D eigenvalue weighted by Gasteiger charge is -2.43. The van der Waals surface area contributed by atoms with Gasteiger partial charge in [-0.2, -0.15) is 25.8 Å². The van der Waals surface area contributed by atoms with Crippen molar-refractivity contribution in [3.05, 3.63) is 63.2 Å². The summed E-state index contributed by atoms with van der Waals surface area (Å²) in [5.41, 5.74) is 0.0149. The lowest BCUT2D eigenvalue weighted by atomic mass is 9.68. The molecule has 1 fully saturated rings. The van der Waals surface area contributed by atoms with Crippen molar-refractivity contribution in [3.8, 4) is 0 Å². The predicted octanol–water partition coefficient (Wildman–Crippen LogP) is 8.91. The van der Waals surface area contributed by atoms with E-state index in [4.69, 9.17) is 19.2 Å². The molecule has 1 aromatic carbocycles. The molecule has 5 rings (SSSR count). The average Bonchev–Trinajstić information content (AvgIpc) is 3.28. The van der Waals surface area contributed by atoms with Gasteiger partial charge in [0.2, 0.25) is 0 Å². The number of esters is 1. The lowest BCUT2D eigenvalue weighted by Crippen LogP contribution is -2.39. The molecule has 0 saturated carbocycles. The maximum Gasteiger partial charge on any atom is 0.416 e. The minimum absolute atomic E-state index is 0.0292. The van der Waals surface area contributed by atoms with Crippen LogP contribution in [0, 0.1) is 11.2 Å². The number of aliphatic hydroxyl groups excluding tert-OH is 1. The number of pyridine rings is 1. The van der Waals surface area contributed by atoms with Crippen LogP contribution < -0.4 is 0 Å². The number of rotatable bonds is 4. The fraction of sp³-hybridized carbons (Fsp3) is 0.647. The molecule has 0 amide bonds. The van der Waals surface area contributed by atoms with Gasteiger partial charge in [-0.3, -0.25) is 9.78 Å². The van der Waals surface area contributed by atoms with Crippen molar-refractivity contribution in [3.63, 3.8) is 0 Å². The Kier molecular flexibility index (Phi) is 12.2. The summed E-state index contributed by atoms with van der Waals surface area (Å²) in [4.78, 5) is 17.1. The van der Waals surface area contributed by atoms with E-state index in [-0.39, 0.29) is 17.9 Å². The molecule has 6 nitrogen and oxygen atoms in total. The van der Waals surface area contributed by atoms with Crippen molar-refractivity contribution in [1.82, 2.24) is 4.98 Å². The molecule has 3 heterocycles. The summed E-state index contributed by atoms with van der Waals surface area (Å²) in [6.07, 6.45) is -2.02. The summed E-state index contributed by atoms with van der Waals surface area (Å²) in [5, 5.41) is 11.5. The Hall–Kier alpha value is -2.21. The second kappa shape index (κ2) is 14.7. The number of fused-ring (bicyclic) bond motifs is 4. The SMILES string of the molecule is CC(=O)OC1c2nc(C(C)C)c3c(c2C(O)CC1(C)C)C1(CCOCC1)OC3c1ccc(C(F)(F)F)cc1F.CCCC.CS. The molecule has 0 radical (unpaired) electrons. The van der Waals surface area contributed by atoms with Crippen molar-refractivity contribution in [2.24, 2.45) is 5.41 Å². The zero-order valence-corrected chi connectivity index (χ0v) is 28.4. The number of benzene rings is 1. The number of carbonyl (C=O) groups is 1. The molecule has 3 atom stereocenters. The van der Waals surface area contributed by atoms with Gasteiger partial charge in [-0.25, -0.2) is 4.39 Å². The predicted molar refractivity (Wildman–Crippen MR) is 168 cm³/mol. The summed E-state index contributed by atoms with van der Waals surface area (Å²) < 4.78 is 73.4. The van der Waals surface area contributed by atoms with Crippen LogP contribution in [0.3, 0.4) is 0 Å². The molecular weight excluding hydrogens is 610 g/mol. The first-order valence-electron chi connectivity index (χ1n) is 15.6. The first-order chi connectivity index (χ1) is 21.1. The zero-order chi connectivity index (χ0) is 33.9. The van der Waals surface area contributed by atoms with E-state index in [1.165, 1.54) is 19.8 Å². The number of unbranched alkanes of at least 4 members (excludes halogenated alkanes) is 1. The standard InChI is InChI=1S/C29H33F4NO5.C4H10.CH4S/c1-14(2)23-21-22(20-19(36)13-27(4,5)26(24(20)34-23)38-15(3)35)28(8-10-37-11-9-28)39-25(21)17-7-6-16(12-18(17)30)29(31,32)33;1-3-4-2;1-2/h6-7,12,14,19,25-26,36H,8-11,13H2,1-5H3;3-4H2,1-2H3;2H,1H3. The Labute approximate surface area is 269 Å². The Balaban J connectivity index is 0.000000853. The van der Waals surface area contributed by atoms with E-state index in [1.54, 1.807) is 6.26 Å². The molecular formula is C34H47F4NO5S. The number of halogens is 4. The van der Waals surface area contributed by atoms with Crippen LogP contribution in [0.2, 0.25) is 0 Å². The number of carbonyl (C=O) groups excluding carboxylic acids is 1. The summed E-state index contributed by atoms with van der Waals surface area (Å²) in [6.45, 7) is 14.0. The lowest BCUT2D eigenvalue weighted by molar-refractivity contribution is -0.157. The van der Waals surface area contributed by atoms with Crippen molar-refractivity contribution in [1.29, 1.82) is 0 Å². The number of aromatic nitrogens is 1. The molecule has 252 valence electrons. The molecule has 2 aromatic rings. The van der Waals surface area contributed by atoms with Gasteiger partial charge >= 0.3 is 12.1 Å². The number of ether oxygens (including phenoxy) is 3. The van der Waals surface area contributed by atoms with Crippen molar-refractivity contribution in [2.75, 3.05) is 19.5 Å². The van der Waals surface area contributed by atoms with E-state index in [9.17, 15) is 23.1 Å². The smallest absolute Gasteiger partial charge is 0.416 e. The minimum Gasteiger partial charge on any atom is -0.455 e. The van der Waals surface area contributed by atoms with E-state index in [2.05, 4.69) is 26.5 Å². The highest BCUT2D eigenvalue weighted by Gasteiger charge is 2.55. The maximum atomic E-state index is 15.4.